The van der Waals surface area contributed by atoms with Crippen LogP contribution in [0.4, 0.5) is 0 Å². The molecule has 0 aromatic rings. The molecule has 0 radical (unpaired) electrons. The van der Waals surface area contributed by atoms with Crippen LogP contribution >= 0.6 is 0 Å². The van der Waals surface area contributed by atoms with Crippen LogP contribution in [0, 0.1) is 0 Å². The first kappa shape index (κ1) is 18.4. The van der Waals surface area contributed by atoms with E-state index >= 15 is 0 Å². The number of rotatable bonds is 11. The van der Waals surface area contributed by atoms with Gasteiger partial charge >= 0.3 is 17.8 Å². The zero-order valence-electron chi connectivity index (χ0n) is 11.9. The molecule has 3 N–H and O–H groups in total. The van der Waals surface area contributed by atoms with E-state index in [1.807, 2.05) is 0 Å². The Kier molecular flexibility index (Phi) is 11.4. The van der Waals surface area contributed by atoms with E-state index in [1.54, 1.807) is 0 Å². The smallest absolute Gasteiger partial charge is 0.329 e. The zero-order chi connectivity index (χ0) is 15.2. The Bertz CT molecular complexity index is 307. The molecule has 7 nitrogen and oxygen atoms in total. The number of amides is 2. The first-order valence-electron chi connectivity index (χ1n) is 6.87. The Balaban J connectivity index is 3.19. The summed E-state index contributed by atoms with van der Waals surface area (Å²) in [5, 5.41) is 13.1. The summed E-state index contributed by atoms with van der Waals surface area (Å²) in [6.45, 7) is 0.757. The summed E-state index contributed by atoms with van der Waals surface area (Å²) in [6.07, 6.45) is 5.81. The number of carbonyl (C=O) groups is 3. The van der Waals surface area contributed by atoms with Gasteiger partial charge in [-0.2, -0.15) is 0 Å². The number of hydrogen-bond acceptors (Lipinski definition) is 4. The highest BCUT2D eigenvalue weighted by Gasteiger charge is 2.08. The van der Waals surface area contributed by atoms with E-state index in [2.05, 4.69) is 10.6 Å². The van der Waals surface area contributed by atoms with Crippen LogP contribution in [0.1, 0.15) is 38.5 Å². The molecular formula is C13H24N2O5. The van der Waals surface area contributed by atoms with Gasteiger partial charge in [-0.1, -0.05) is 25.7 Å². The average molecular weight is 288 g/mol. The number of unbranched alkanes of at least 4 members (excludes halogenated alkanes) is 5. The predicted octanol–water partition coefficient (Wildman–Crippen LogP) is 0.290. The van der Waals surface area contributed by atoms with Crippen LogP contribution in [0.25, 0.3) is 0 Å². The van der Waals surface area contributed by atoms with Gasteiger partial charge in [-0.25, -0.2) is 4.79 Å². The molecule has 20 heavy (non-hydrogen) atoms. The van der Waals surface area contributed by atoms with Crippen molar-refractivity contribution in [3.63, 3.8) is 0 Å². The molecule has 0 atom stereocenters. The summed E-state index contributed by atoms with van der Waals surface area (Å²) in [5.74, 6) is -2.15. The molecule has 0 saturated heterocycles. The van der Waals surface area contributed by atoms with Crippen LogP contribution in [0.2, 0.25) is 0 Å². The number of hydrogen-bond donors (Lipinski definition) is 3. The van der Waals surface area contributed by atoms with E-state index < -0.39 is 17.8 Å². The van der Waals surface area contributed by atoms with Crippen molar-refractivity contribution in [2.45, 2.75) is 38.5 Å². The summed E-state index contributed by atoms with van der Waals surface area (Å²) in [7, 11) is 1.42. The number of nitrogens with one attached hydrogen (secondary N) is 2. The maximum Gasteiger partial charge on any atom is 0.329 e. The second kappa shape index (κ2) is 12.4. The maximum atomic E-state index is 11.1. The van der Waals surface area contributed by atoms with Gasteiger partial charge < -0.3 is 20.5 Å². The number of likely N-dealkylation sites (N-methyl/N-ethyl adjacent to an activating group) is 1. The van der Waals surface area contributed by atoms with E-state index in [0.29, 0.717) is 13.2 Å². The monoisotopic (exact) mass is 288 g/mol. The molecule has 7 heteroatoms. The highest BCUT2D eigenvalue weighted by atomic mass is 16.5. The lowest BCUT2D eigenvalue weighted by Gasteiger charge is -2.04. The molecule has 0 heterocycles. The number of carbonyl (C=O) groups excluding carboxylic acids is 2. The van der Waals surface area contributed by atoms with E-state index in [4.69, 9.17) is 9.84 Å². The number of ether oxygens (including phenoxy) is 1. The third kappa shape index (κ3) is 11.5. The van der Waals surface area contributed by atoms with E-state index in [1.165, 1.54) is 7.05 Å². The minimum atomic E-state index is -0.941. The third-order valence-electron chi connectivity index (χ3n) is 2.66. The van der Waals surface area contributed by atoms with Gasteiger partial charge in [-0.05, 0) is 12.8 Å². The van der Waals surface area contributed by atoms with Crippen LogP contribution in [-0.2, 0) is 19.1 Å². The van der Waals surface area contributed by atoms with Crippen molar-refractivity contribution in [3.05, 3.63) is 0 Å². The van der Waals surface area contributed by atoms with Crippen LogP contribution in [-0.4, -0.2) is 49.7 Å². The minimum Gasteiger partial charge on any atom is -0.480 e. The van der Waals surface area contributed by atoms with Gasteiger partial charge in [0.1, 0.15) is 6.61 Å². The quantitative estimate of drug-likeness (QED) is 0.374. The highest BCUT2D eigenvalue weighted by Crippen LogP contribution is 2.05. The Hall–Kier alpha value is -1.63. The summed E-state index contributed by atoms with van der Waals surface area (Å²) in [5.41, 5.74) is 0. The molecule has 0 fully saturated rings. The van der Waals surface area contributed by atoms with Crippen molar-refractivity contribution >= 4 is 17.8 Å². The Morgan fingerprint density at radius 2 is 1.55 bits per heavy atom. The highest BCUT2D eigenvalue weighted by molar-refractivity contribution is 6.34. The lowest BCUT2D eigenvalue weighted by Crippen LogP contribution is -2.38. The standard InChI is InChI=1S/C13H24N2O5/c1-14-12(18)13(19)15-8-6-4-2-3-5-7-9-20-10-11(16)17/h2-10H2,1H3,(H,14,18)(H,15,19)(H,16,17). The zero-order valence-corrected chi connectivity index (χ0v) is 11.9. The normalized spacial score (nSPS) is 10.1. The minimum absolute atomic E-state index is 0.231. The van der Waals surface area contributed by atoms with Gasteiger partial charge in [-0.15, -0.1) is 0 Å². The molecular weight excluding hydrogens is 264 g/mol. The van der Waals surface area contributed by atoms with Crippen LogP contribution < -0.4 is 10.6 Å². The second-order valence-corrected chi connectivity index (χ2v) is 4.40. The summed E-state index contributed by atoms with van der Waals surface area (Å²) < 4.78 is 4.91. The van der Waals surface area contributed by atoms with Crippen molar-refractivity contribution in [2.75, 3.05) is 26.8 Å². The molecule has 0 unspecified atom stereocenters. The van der Waals surface area contributed by atoms with Gasteiger partial charge in [0.25, 0.3) is 0 Å². The Morgan fingerprint density at radius 3 is 2.15 bits per heavy atom. The molecule has 0 aliphatic carbocycles. The van der Waals surface area contributed by atoms with Gasteiger partial charge in [0.15, 0.2) is 0 Å². The number of carboxylic acids is 1. The lowest BCUT2D eigenvalue weighted by atomic mass is 10.1. The van der Waals surface area contributed by atoms with Crippen LogP contribution in [0.15, 0.2) is 0 Å². The predicted molar refractivity (Wildman–Crippen MR) is 73.2 cm³/mol. The van der Waals surface area contributed by atoms with Crippen LogP contribution in [0.5, 0.6) is 0 Å². The first-order valence-corrected chi connectivity index (χ1v) is 6.87. The van der Waals surface area contributed by atoms with E-state index in [0.717, 1.165) is 38.5 Å². The van der Waals surface area contributed by atoms with Crippen molar-refractivity contribution in [2.24, 2.45) is 0 Å². The molecule has 0 aromatic carbocycles. The summed E-state index contributed by atoms with van der Waals surface area (Å²) in [6, 6.07) is 0. The van der Waals surface area contributed by atoms with Crippen molar-refractivity contribution in [3.8, 4) is 0 Å². The second-order valence-electron chi connectivity index (χ2n) is 4.40. The first-order chi connectivity index (χ1) is 9.57. The molecule has 2 amide bonds. The van der Waals surface area contributed by atoms with Gasteiger partial charge in [0, 0.05) is 20.2 Å². The molecule has 116 valence electrons. The topological polar surface area (TPSA) is 105 Å². The fourth-order valence-electron chi connectivity index (χ4n) is 1.59. The molecule has 0 spiro atoms. The molecule has 0 bridgehead atoms. The van der Waals surface area contributed by atoms with E-state index in [-0.39, 0.29) is 6.61 Å². The SMILES string of the molecule is CNC(=O)C(=O)NCCCCCCCCOCC(=O)O. The third-order valence-corrected chi connectivity index (χ3v) is 2.66. The van der Waals surface area contributed by atoms with Crippen molar-refractivity contribution in [1.82, 2.24) is 10.6 Å². The summed E-state index contributed by atoms with van der Waals surface area (Å²) in [4.78, 5) is 32.1. The van der Waals surface area contributed by atoms with Gasteiger partial charge in [-0.3, -0.25) is 9.59 Å². The van der Waals surface area contributed by atoms with Gasteiger partial charge in [0.2, 0.25) is 0 Å². The summed E-state index contributed by atoms with van der Waals surface area (Å²) >= 11 is 0. The van der Waals surface area contributed by atoms with Gasteiger partial charge in [0.05, 0.1) is 0 Å². The van der Waals surface area contributed by atoms with E-state index in [9.17, 15) is 14.4 Å². The number of carboxylic acid groups (broad SMARTS) is 1. The van der Waals surface area contributed by atoms with Crippen molar-refractivity contribution in [1.29, 1.82) is 0 Å². The molecule has 0 aliphatic heterocycles. The average Bonchev–Trinajstić information content (AvgIpc) is 2.43. The van der Waals surface area contributed by atoms with Crippen LogP contribution in [0.3, 0.4) is 0 Å². The lowest BCUT2D eigenvalue weighted by molar-refractivity contribution is -0.142. The number of aliphatic carboxylic acids is 1. The largest absolute Gasteiger partial charge is 0.480 e. The Morgan fingerprint density at radius 1 is 0.950 bits per heavy atom. The molecule has 0 rings (SSSR count). The Labute approximate surface area is 119 Å². The maximum absolute atomic E-state index is 11.1. The molecule has 0 aromatic heterocycles. The van der Waals surface area contributed by atoms with Crippen molar-refractivity contribution < 1.29 is 24.2 Å². The fourth-order valence-corrected chi connectivity index (χ4v) is 1.59. The fraction of sp³-hybridized carbons (Fsp3) is 0.769. The molecule has 0 aliphatic rings. The molecule has 0 saturated carbocycles.